The summed E-state index contributed by atoms with van der Waals surface area (Å²) in [5.74, 6) is -1.00. The van der Waals surface area contributed by atoms with Gasteiger partial charge in [-0.3, -0.25) is 4.79 Å². The van der Waals surface area contributed by atoms with Gasteiger partial charge >= 0.3 is 0 Å². The van der Waals surface area contributed by atoms with E-state index < -0.39 is 11.7 Å². The summed E-state index contributed by atoms with van der Waals surface area (Å²) in [6.07, 6.45) is 0. The van der Waals surface area contributed by atoms with Crippen molar-refractivity contribution >= 4 is 44.8 Å². The van der Waals surface area contributed by atoms with E-state index in [0.717, 1.165) is 11.6 Å². The number of nitrogen functional groups attached to an aromatic ring is 1. The van der Waals surface area contributed by atoms with Crippen LogP contribution in [0.25, 0.3) is 0 Å². The van der Waals surface area contributed by atoms with Crippen molar-refractivity contribution in [3.63, 3.8) is 0 Å². The fourth-order valence-corrected chi connectivity index (χ4v) is 2.32. The van der Waals surface area contributed by atoms with Crippen LogP contribution in [0.3, 0.4) is 0 Å². The number of hydrogen-bond acceptors (Lipinski definition) is 2. The topological polar surface area (TPSA) is 55.1 Å². The molecule has 2 rings (SSSR count). The van der Waals surface area contributed by atoms with E-state index in [2.05, 4.69) is 21.2 Å². The monoisotopic (exact) mass is 356 g/mol. The Morgan fingerprint density at radius 3 is 2.75 bits per heavy atom. The molecule has 0 saturated carbocycles. The van der Waals surface area contributed by atoms with E-state index in [0.29, 0.717) is 15.2 Å². The molecule has 2 aromatic rings. The third-order valence-corrected chi connectivity index (χ3v) is 3.69. The highest BCUT2D eigenvalue weighted by molar-refractivity contribution is 9.10. The maximum absolute atomic E-state index is 13.3. The molecule has 0 bridgehead atoms. The van der Waals surface area contributed by atoms with E-state index in [1.807, 2.05) is 13.0 Å². The lowest BCUT2D eigenvalue weighted by atomic mass is 10.1. The highest BCUT2D eigenvalue weighted by atomic mass is 79.9. The molecule has 6 heteroatoms. The molecular weight excluding hydrogens is 347 g/mol. The molecule has 0 radical (unpaired) electrons. The average molecular weight is 358 g/mol. The smallest absolute Gasteiger partial charge is 0.256 e. The number of carbonyl (C=O) groups excluding carboxylic acids is 1. The zero-order chi connectivity index (χ0) is 14.9. The highest BCUT2D eigenvalue weighted by Gasteiger charge is 2.14. The van der Waals surface area contributed by atoms with Gasteiger partial charge in [-0.15, -0.1) is 0 Å². The standard InChI is InChI=1S/C14H11BrClFN2O/c1-7-2-3-10(16)13(4-7)19-14(20)8-5-12(18)11(17)6-9(8)15/h2-6H,18H2,1H3,(H,19,20). The Balaban J connectivity index is 2.33. The number of nitrogens with one attached hydrogen (secondary N) is 1. The Morgan fingerprint density at radius 2 is 2.05 bits per heavy atom. The Kier molecular flexibility index (Phi) is 4.30. The van der Waals surface area contributed by atoms with E-state index in [9.17, 15) is 9.18 Å². The van der Waals surface area contributed by atoms with Gasteiger partial charge in [0.15, 0.2) is 0 Å². The zero-order valence-corrected chi connectivity index (χ0v) is 12.8. The van der Waals surface area contributed by atoms with Crippen molar-refractivity contribution in [2.45, 2.75) is 6.92 Å². The van der Waals surface area contributed by atoms with E-state index in [4.69, 9.17) is 17.3 Å². The fourth-order valence-electron chi connectivity index (χ4n) is 1.66. The maximum Gasteiger partial charge on any atom is 0.256 e. The summed E-state index contributed by atoms with van der Waals surface area (Å²) in [7, 11) is 0. The summed E-state index contributed by atoms with van der Waals surface area (Å²) in [4.78, 5) is 12.2. The van der Waals surface area contributed by atoms with Crippen LogP contribution in [0.1, 0.15) is 15.9 Å². The van der Waals surface area contributed by atoms with Crippen molar-refractivity contribution in [2.24, 2.45) is 0 Å². The second-order valence-corrected chi connectivity index (χ2v) is 5.55. The van der Waals surface area contributed by atoms with Crippen molar-refractivity contribution in [3.8, 4) is 0 Å². The number of hydrogen-bond donors (Lipinski definition) is 2. The lowest BCUT2D eigenvalue weighted by Crippen LogP contribution is -2.14. The van der Waals surface area contributed by atoms with Crippen LogP contribution in [-0.4, -0.2) is 5.91 Å². The molecular formula is C14H11BrClFN2O. The number of benzene rings is 2. The van der Waals surface area contributed by atoms with Gasteiger partial charge in [-0.1, -0.05) is 17.7 Å². The van der Waals surface area contributed by atoms with Crippen LogP contribution in [0.2, 0.25) is 5.02 Å². The molecule has 0 spiro atoms. The second-order valence-electron chi connectivity index (χ2n) is 4.29. The largest absolute Gasteiger partial charge is 0.396 e. The summed E-state index contributed by atoms with van der Waals surface area (Å²) < 4.78 is 13.6. The Bertz CT molecular complexity index is 691. The molecule has 0 saturated heterocycles. The van der Waals surface area contributed by atoms with Gasteiger partial charge in [-0.25, -0.2) is 4.39 Å². The minimum Gasteiger partial charge on any atom is -0.396 e. The predicted molar refractivity (Wildman–Crippen MR) is 82.7 cm³/mol. The SMILES string of the molecule is Cc1ccc(Cl)c(NC(=O)c2cc(N)c(F)cc2Br)c1. The second kappa shape index (κ2) is 5.81. The van der Waals surface area contributed by atoms with Gasteiger partial charge in [0.05, 0.1) is 22.0 Å². The molecule has 3 nitrogen and oxygen atoms in total. The summed E-state index contributed by atoms with van der Waals surface area (Å²) >= 11 is 9.15. The van der Waals surface area contributed by atoms with Gasteiger partial charge in [0.1, 0.15) is 5.82 Å². The Labute approximate surface area is 129 Å². The predicted octanol–water partition coefficient (Wildman–Crippen LogP) is 4.38. The third kappa shape index (κ3) is 3.11. The molecule has 3 N–H and O–H groups in total. The van der Waals surface area contributed by atoms with Crippen molar-refractivity contribution in [2.75, 3.05) is 11.1 Å². The number of nitrogens with two attached hydrogens (primary N) is 1. The molecule has 0 aliphatic carbocycles. The highest BCUT2D eigenvalue weighted by Crippen LogP contribution is 2.26. The molecule has 0 fully saturated rings. The minimum absolute atomic E-state index is 0.0892. The molecule has 0 unspecified atom stereocenters. The molecule has 2 aromatic carbocycles. The number of anilines is 2. The van der Waals surface area contributed by atoms with E-state index in [1.54, 1.807) is 12.1 Å². The lowest BCUT2D eigenvalue weighted by molar-refractivity contribution is 0.102. The fraction of sp³-hybridized carbons (Fsp3) is 0.0714. The number of halogens is 3. The molecule has 20 heavy (non-hydrogen) atoms. The van der Waals surface area contributed by atoms with Gasteiger partial charge < -0.3 is 11.1 Å². The number of carbonyl (C=O) groups is 1. The summed E-state index contributed by atoms with van der Waals surface area (Å²) in [5, 5.41) is 3.10. The van der Waals surface area contributed by atoms with E-state index >= 15 is 0 Å². The quantitative estimate of drug-likeness (QED) is 0.783. The first-order valence-electron chi connectivity index (χ1n) is 5.70. The number of amides is 1. The van der Waals surface area contributed by atoms with Gasteiger partial charge in [0.25, 0.3) is 5.91 Å². The van der Waals surface area contributed by atoms with Crippen LogP contribution in [0.5, 0.6) is 0 Å². The summed E-state index contributed by atoms with van der Waals surface area (Å²) in [6.45, 7) is 1.89. The van der Waals surface area contributed by atoms with Gasteiger partial charge in [0, 0.05) is 4.47 Å². The first kappa shape index (κ1) is 14.8. The van der Waals surface area contributed by atoms with Crippen LogP contribution in [0, 0.1) is 12.7 Å². The van der Waals surface area contributed by atoms with Crippen LogP contribution in [0.15, 0.2) is 34.8 Å². The van der Waals surface area contributed by atoms with Crippen LogP contribution >= 0.6 is 27.5 Å². The van der Waals surface area contributed by atoms with Crippen molar-refractivity contribution < 1.29 is 9.18 Å². The van der Waals surface area contributed by atoms with Gasteiger partial charge in [-0.05, 0) is 52.7 Å². The molecule has 0 aliphatic rings. The van der Waals surface area contributed by atoms with Crippen LogP contribution in [0.4, 0.5) is 15.8 Å². The molecule has 0 aromatic heterocycles. The molecule has 0 atom stereocenters. The van der Waals surface area contributed by atoms with Crippen molar-refractivity contribution in [1.29, 1.82) is 0 Å². The number of aryl methyl sites for hydroxylation is 1. The van der Waals surface area contributed by atoms with E-state index in [-0.39, 0.29) is 11.3 Å². The number of rotatable bonds is 2. The summed E-state index contributed by atoms with van der Waals surface area (Å²) in [6, 6.07) is 7.71. The van der Waals surface area contributed by atoms with E-state index in [1.165, 1.54) is 6.07 Å². The minimum atomic E-state index is -0.581. The molecule has 104 valence electrons. The molecule has 0 heterocycles. The lowest BCUT2D eigenvalue weighted by Gasteiger charge is -2.10. The third-order valence-electron chi connectivity index (χ3n) is 2.70. The first-order chi connectivity index (χ1) is 9.38. The van der Waals surface area contributed by atoms with Crippen LogP contribution in [-0.2, 0) is 0 Å². The first-order valence-corrected chi connectivity index (χ1v) is 6.87. The van der Waals surface area contributed by atoms with Gasteiger partial charge in [-0.2, -0.15) is 0 Å². The van der Waals surface area contributed by atoms with Gasteiger partial charge in [0.2, 0.25) is 0 Å². The van der Waals surface area contributed by atoms with Crippen molar-refractivity contribution in [1.82, 2.24) is 0 Å². The Morgan fingerprint density at radius 1 is 1.35 bits per heavy atom. The maximum atomic E-state index is 13.3. The zero-order valence-electron chi connectivity index (χ0n) is 10.5. The normalized spacial score (nSPS) is 10.4. The van der Waals surface area contributed by atoms with Crippen LogP contribution < -0.4 is 11.1 Å². The molecule has 0 aliphatic heterocycles. The average Bonchev–Trinajstić information content (AvgIpc) is 2.38. The molecule has 1 amide bonds. The Hall–Kier alpha value is -1.59. The van der Waals surface area contributed by atoms with Crippen molar-refractivity contribution in [3.05, 3.63) is 56.8 Å². The summed E-state index contributed by atoms with van der Waals surface area (Å²) in [5.41, 5.74) is 7.07.